The van der Waals surface area contributed by atoms with Gasteiger partial charge in [0.1, 0.15) is 12.2 Å². The highest BCUT2D eigenvalue weighted by atomic mass is 32.1. The summed E-state index contributed by atoms with van der Waals surface area (Å²) in [4.78, 5) is 21.1. The summed E-state index contributed by atoms with van der Waals surface area (Å²) in [6.45, 7) is 0.627. The van der Waals surface area contributed by atoms with E-state index in [4.69, 9.17) is 0 Å². The van der Waals surface area contributed by atoms with Gasteiger partial charge in [0.05, 0.1) is 12.1 Å². The Kier molecular flexibility index (Phi) is 3.73. The first-order chi connectivity index (χ1) is 9.81. The molecule has 3 heterocycles. The molecular formula is C12H14N6OS. The summed E-state index contributed by atoms with van der Waals surface area (Å²) in [5.41, 5.74) is 0.796. The van der Waals surface area contributed by atoms with Gasteiger partial charge < -0.3 is 5.32 Å². The number of H-pyrrole nitrogens is 1. The van der Waals surface area contributed by atoms with Gasteiger partial charge in [-0.25, -0.2) is 9.97 Å². The van der Waals surface area contributed by atoms with Gasteiger partial charge in [0.15, 0.2) is 4.96 Å². The first kappa shape index (κ1) is 12.8. The molecule has 0 unspecified atom stereocenters. The number of carbonyl (C=O) groups is 1. The Morgan fingerprint density at radius 3 is 3.25 bits per heavy atom. The number of amides is 1. The number of aryl methyl sites for hydroxylation is 1. The van der Waals surface area contributed by atoms with Crippen LogP contribution in [0.3, 0.4) is 0 Å². The van der Waals surface area contributed by atoms with Gasteiger partial charge >= 0.3 is 0 Å². The van der Waals surface area contributed by atoms with Crippen LogP contribution in [0.5, 0.6) is 0 Å². The molecule has 1 amide bonds. The van der Waals surface area contributed by atoms with Crippen molar-refractivity contribution in [1.82, 2.24) is 29.9 Å². The predicted molar refractivity (Wildman–Crippen MR) is 74.5 cm³/mol. The second kappa shape index (κ2) is 5.83. The van der Waals surface area contributed by atoms with Crippen LogP contribution in [0.1, 0.15) is 17.9 Å². The van der Waals surface area contributed by atoms with Crippen LogP contribution in [0.2, 0.25) is 0 Å². The number of nitrogens with zero attached hydrogens (tertiary/aromatic N) is 4. The van der Waals surface area contributed by atoms with E-state index in [0.29, 0.717) is 13.0 Å². The molecule has 3 aromatic heterocycles. The quantitative estimate of drug-likeness (QED) is 0.657. The Morgan fingerprint density at radius 1 is 1.50 bits per heavy atom. The topological polar surface area (TPSA) is 88.0 Å². The maximum absolute atomic E-state index is 11.8. The Bertz CT molecular complexity index is 657. The van der Waals surface area contributed by atoms with Crippen molar-refractivity contribution >= 4 is 22.2 Å². The molecule has 104 valence electrons. The van der Waals surface area contributed by atoms with Gasteiger partial charge in [-0.15, -0.1) is 11.3 Å². The van der Waals surface area contributed by atoms with E-state index in [0.717, 1.165) is 29.3 Å². The third kappa shape index (κ3) is 3.02. The van der Waals surface area contributed by atoms with Crippen LogP contribution in [-0.2, 0) is 17.6 Å². The summed E-state index contributed by atoms with van der Waals surface area (Å²) >= 11 is 1.56. The zero-order valence-electron chi connectivity index (χ0n) is 10.7. The van der Waals surface area contributed by atoms with E-state index in [1.165, 1.54) is 6.33 Å². The zero-order valence-corrected chi connectivity index (χ0v) is 11.6. The second-order valence-electron chi connectivity index (χ2n) is 4.39. The van der Waals surface area contributed by atoms with Crippen molar-refractivity contribution in [2.45, 2.75) is 19.3 Å². The average Bonchev–Trinajstić information content (AvgIpc) is 3.10. The van der Waals surface area contributed by atoms with Crippen LogP contribution in [-0.4, -0.2) is 37.0 Å². The highest BCUT2D eigenvalue weighted by Gasteiger charge is 2.07. The molecule has 7 nitrogen and oxygen atoms in total. The van der Waals surface area contributed by atoms with Crippen LogP contribution in [0, 0.1) is 0 Å². The summed E-state index contributed by atoms with van der Waals surface area (Å²) in [6.07, 6.45) is 7.24. The van der Waals surface area contributed by atoms with E-state index in [1.807, 2.05) is 22.2 Å². The van der Waals surface area contributed by atoms with Crippen molar-refractivity contribution in [3.63, 3.8) is 0 Å². The Balaban J connectivity index is 1.42. The van der Waals surface area contributed by atoms with Crippen molar-refractivity contribution < 1.29 is 4.79 Å². The van der Waals surface area contributed by atoms with Crippen LogP contribution >= 0.6 is 11.3 Å². The number of aromatic nitrogens is 5. The van der Waals surface area contributed by atoms with Crippen LogP contribution in [0.15, 0.2) is 24.1 Å². The summed E-state index contributed by atoms with van der Waals surface area (Å²) < 4.78 is 1.93. The minimum atomic E-state index is -0.00618. The van der Waals surface area contributed by atoms with Gasteiger partial charge in [0.2, 0.25) is 5.91 Å². The van der Waals surface area contributed by atoms with Crippen molar-refractivity contribution in [1.29, 1.82) is 0 Å². The standard InChI is InChI=1S/C12H14N6OS/c19-11(13-3-1-2-10-14-8-15-17-10)6-9-7-18-4-5-20-12(18)16-9/h4-5,7-8H,1-3,6H2,(H,13,19)(H,14,15,17). The van der Waals surface area contributed by atoms with E-state index < -0.39 is 0 Å². The fourth-order valence-corrected chi connectivity index (χ4v) is 2.64. The predicted octanol–water partition coefficient (Wildman–Crippen LogP) is 0.805. The Labute approximate surface area is 119 Å². The van der Waals surface area contributed by atoms with E-state index in [-0.39, 0.29) is 5.91 Å². The van der Waals surface area contributed by atoms with Gasteiger partial charge in [-0.2, -0.15) is 5.10 Å². The number of hydrogen-bond donors (Lipinski definition) is 2. The van der Waals surface area contributed by atoms with E-state index in [2.05, 4.69) is 25.5 Å². The molecule has 0 spiro atoms. The van der Waals surface area contributed by atoms with Gasteiger partial charge in [-0.05, 0) is 6.42 Å². The van der Waals surface area contributed by atoms with Crippen LogP contribution in [0.25, 0.3) is 4.96 Å². The fraction of sp³-hybridized carbons (Fsp3) is 0.333. The lowest BCUT2D eigenvalue weighted by molar-refractivity contribution is -0.120. The fourth-order valence-electron chi connectivity index (χ4n) is 1.92. The van der Waals surface area contributed by atoms with Crippen molar-refractivity contribution in [3.8, 4) is 0 Å². The molecule has 0 aliphatic heterocycles. The minimum Gasteiger partial charge on any atom is -0.356 e. The number of carbonyl (C=O) groups excluding carboxylic acids is 1. The first-order valence-electron chi connectivity index (χ1n) is 6.33. The number of hydrogen-bond acceptors (Lipinski definition) is 5. The summed E-state index contributed by atoms with van der Waals surface area (Å²) in [7, 11) is 0. The van der Waals surface area contributed by atoms with Crippen LogP contribution in [0.4, 0.5) is 0 Å². The Hall–Kier alpha value is -2.22. The number of rotatable bonds is 6. The largest absolute Gasteiger partial charge is 0.356 e. The molecular weight excluding hydrogens is 276 g/mol. The van der Waals surface area contributed by atoms with Crippen molar-refractivity contribution in [3.05, 3.63) is 35.6 Å². The molecule has 0 fully saturated rings. The molecule has 0 saturated carbocycles. The maximum Gasteiger partial charge on any atom is 0.226 e. The van der Waals surface area contributed by atoms with Crippen molar-refractivity contribution in [2.75, 3.05) is 6.54 Å². The Morgan fingerprint density at radius 2 is 2.45 bits per heavy atom. The highest BCUT2D eigenvalue weighted by molar-refractivity contribution is 7.15. The molecule has 0 aliphatic rings. The monoisotopic (exact) mass is 290 g/mol. The lowest BCUT2D eigenvalue weighted by Gasteiger charge is -2.02. The lowest BCUT2D eigenvalue weighted by Crippen LogP contribution is -2.26. The van der Waals surface area contributed by atoms with E-state index >= 15 is 0 Å². The van der Waals surface area contributed by atoms with Gasteiger partial charge in [-0.1, -0.05) is 0 Å². The molecule has 0 atom stereocenters. The average molecular weight is 290 g/mol. The highest BCUT2D eigenvalue weighted by Crippen LogP contribution is 2.11. The third-order valence-corrected chi connectivity index (χ3v) is 3.63. The molecule has 0 saturated heterocycles. The molecule has 0 aliphatic carbocycles. The minimum absolute atomic E-state index is 0.00618. The van der Waals surface area contributed by atoms with Crippen LogP contribution < -0.4 is 5.32 Å². The van der Waals surface area contributed by atoms with Gasteiger partial charge in [-0.3, -0.25) is 14.3 Å². The molecule has 20 heavy (non-hydrogen) atoms. The number of nitrogens with one attached hydrogen (secondary N) is 2. The zero-order chi connectivity index (χ0) is 13.8. The van der Waals surface area contributed by atoms with E-state index in [1.54, 1.807) is 11.3 Å². The SMILES string of the molecule is O=C(Cc1cn2ccsc2n1)NCCCc1ncn[nH]1. The maximum atomic E-state index is 11.8. The lowest BCUT2D eigenvalue weighted by atomic mass is 10.3. The molecule has 0 bridgehead atoms. The smallest absolute Gasteiger partial charge is 0.226 e. The number of thiazole rings is 1. The molecule has 3 aromatic rings. The molecule has 0 radical (unpaired) electrons. The third-order valence-electron chi connectivity index (χ3n) is 2.86. The summed E-state index contributed by atoms with van der Waals surface area (Å²) in [6, 6.07) is 0. The van der Waals surface area contributed by atoms with Gasteiger partial charge in [0.25, 0.3) is 0 Å². The van der Waals surface area contributed by atoms with Crippen molar-refractivity contribution in [2.24, 2.45) is 0 Å². The summed E-state index contributed by atoms with van der Waals surface area (Å²) in [5.74, 6) is 0.835. The second-order valence-corrected chi connectivity index (χ2v) is 5.26. The molecule has 3 rings (SSSR count). The normalized spacial score (nSPS) is 11.0. The summed E-state index contributed by atoms with van der Waals surface area (Å²) in [5, 5.41) is 11.4. The number of fused-ring (bicyclic) bond motifs is 1. The molecule has 2 N–H and O–H groups in total. The van der Waals surface area contributed by atoms with E-state index in [9.17, 15) is 4.79 Å². The first-order valence-corrected chi connectivity index (χ1v) is 7.21. The number of aromatic amines is 1. The molecule has 0 aromatic carbocycles. The number of imidazole rings is 1. The molecule has 8 heteroatoms. The van der Waals surface area contributed by atoms with Gasteiger partial charge in [0, 0.05) is 30.7 Å².